The van der Waals surface area contributed by atoms with Gasteiger partial charge < -0.3 is 14.4 Å². The summed E-state index contributed by atoms with van der Waals surface area (Å²) in [5.74, 6) is 0.919. The zero-order valence-corrected chi connectivity index (χ0v) is 15.0. The summed E-state index contributed by atoms with van der Waals surface area (Å²) in [7, 11) is 0. The Morgan fingerprint density at radius 2 is 1.87 bits per heavy atom. The fourth-order valence-corrected chi connectivity index (χ4v) is 4.12. The number of piperidine rings is 1. The van der Waals surface area contributed by atoms with E-state index >= 15 is 0 Å². The summed E-state index contributed by atoms with van der Waals surface area (Å²) in [6.07, 6.45) is 5.78. The van der Waals surface area contributed by atoms with E-state index in [2.05, 4.69) is 38.7 Å². The molecule has 1 saturated carbocycles. The van der Waals surface area contributed by atoms with Crippen LogP contribution in [0.15, 0.2) is 11.6 Å². The van der Waals surface area contributed by atoms with E-state index in [1.165, 1.54) is 5.57 Å². The first-order valence-electron chi connectivity index (χ1n) is 9.06. The van der Waals surface area contributed by atoms with Crippen molar-refractivity contribution in [2.75, 3.05) is 26.3 Å². The molecule has 130 valence electrons. The molecule has 0 N–H and O–H groups in total. The van der Waals surface area contributed by atoms with Crippen molar-refractivity contribution in [2.24, 2.45) is 17.3 Å². The average molecular weight is 321 g/mol. The standard InChI is InChI=1S/C19H31NO3/c1-13(2)11-16-17(19(16,3)4)18(21)20-8-5-14(6-9-20)23-15-7-10-22-12-15/h11,14-17H,5-10,12H2,1-4H3/t15-,16-,17-/m1/s1. The molecule has 0 aromatic carbocycles. The van der Waals surface area contributed by atoms with Gasteiger partial charge in [0.25, 0.3) is 0 Å². The summed E-state index contributed by atoms with van der Waals surface area (Å²) >= 11 is 0. The van der Waals surface area contributed by atoms with Gasteiger partial charge in [0.1, 0.15) is 0 Å². The normalized spacial score (nSPS) is 33.6. The predicted octanol–water partition coefficient (Wildman–Crippen LogP) is 3.02. The summed E-state index contributed by atoms with van der Waals surface area (Å²) in [4.78, 5) is 14.9. The van der Waals surface area contributed by atoms with Crippen LogP contribution in [-0.4, -0.2) is 49.3 Å². The zero-order valence-electron chi connectivity index (χ0n) is 15.0. The van der Waals surface area contributed by atoms with Crippen molar-refractivity contribution in [1.29, 1.82) is 0 Å². The topological polar surface area (TPSA) is 38.8 Å². The van der Waals surface area contributed by atoms with Crippen molar-refractivity contribution in [3.63, 3.8) is 0 Å². The van der Waals surface area contributed by atoms with Crippen LogP contribution in [-0.2, 0) is 14.3 Å². The maximum absolute atomic E-state index is 12.9. The number of hydrogen-bond acceptors (Lipinski definition) is 3. The first-order valence-corrected chi connectivity index (χ1v) is 9.06. The molecular formula is C19H31NO3. The lowest BCUT2D eigenvalue weighted by molar-refractivity contribution is -0.137. The third-order valence-electron chi connectivity index (χ3n) is 5.72. The molecule has 0 unspecified atom stereocenters. The van der Waals surface area contributed by atoms with Crippen LogP contribution in [0.1, 0.15) is 47.0 Å². The Bertz CT molecular complexity index is 467. The third kappa shape index (κ3) is 3.63. The quantitative estimate of drug-likeness (QED) is 0.747. The Kier molecular flexibility index (Phi) is 4.84. The molecule has 0 radical (unpaired) electrons. The highest BCUT2D eigenvalue weighted by molar-refractivity contribution is 5.84. The number of likely N-dealkylation sites (tertiary alicyclic amines) is 1. The van der Waals surface area contributed by atoms with Crippen molar-refractivity contribution in [3.05, 3.63) is 11.6 Å². The second-order valence-electron chi connectivity index (χ2n) is 8.22. The van der Waals surface area contributed by atoms with Crippen molar-refractivity contribution in [3.8, 4) is 0 Å². The molecule has 2 heterocycles. The average Bonchev–Trinajstić information content (AvgIpc) is 2.86. The molecule has 0 bridgehead atoms. The van der Waals surface area contributed by atoms with Crippen LogP contribution in [0.4, 0.5) is 0 Å². The van der Waals surface area contributed by atoms with E-state index in [0.717, 1.165) is 45.6 Å². The van der Waals surface area contributed by atoms with Crippen molar-refractivity contribution < 1.29 is 14.3 Å². The lowest BCUT2D eigenvalue weighted by Gasteiger charge is -2.33. The lowest BCUT2D eigenvalue weighted by atomic mass is 10.0. The van der Waals surface area contributed by atoms with Gasteiger partial charge in [-0.1, -0.05) is 25.5 Å². The molecule has 1 aliphatic carbocycles. The minimum absolute atomic E-state index is 0.114. The summed E-state index contributed by atoms with van der Waals surface area (Å²) < 4.78 is 11.5. The number of amides is 1. The van der Waals surface area contributed by atoms with E-state index in [0.29, 0.717) is 17.9 Å². The van der Waals surface area contributed by atoms with Gasteiger partial charge in [-0.2, -0.15) is 0 Å². The van der Waals surface area contributed by atoms with E-state index in [4.69, 9.17) is 9.47 Å². The Hall–Kier alpha value is -0.870. The molecule has 3 fully saturated rings. The highest BCUT2D eigenvalue weighted by atomic mass is 16.5. The molecule has 3 aliphatic rings. The summed E-state index contributed by atoms with van der Waals surface area (Å²) in [6.45, 7) is 11.9. The van der Waals surface area contributed by atoms with Crippen LogP contribution in [0, 0.1) is 17.3 Å². The maximum Gasteiger partial charge on any atom is 0.226 e. The molecular weight excluding hydrogens is 290 g/mol. The van der Waals surface area contributed by atoms with E-state index in [1.807, 2.05) is 0 Å². The van der Waals surface area contributed by atoms with Crippen LogP contribution >= 0.6 is 0 Å². The van der Waals surface area contributed by atoms with Crippen LogP contribution in [0.3, 0.4) is 0 Å². The highest BCUT2D eigenvalue weighted by Gasteiger charge is 2.61. The molecule has 23 heavy (non-hydrogen) atoms. The van der Waals surface area contributed by atoms with Gasteiger partial charge in [0.05, 0.1) is 24.7 Å². The fraction of sp³-hybridized carbons (Fsp3) is 0.842. The Balaban J connectivity index is 1.49. The summed E-state index contributed by atoms with van der Waals surface area (Å²) in [6, 6.07) is 0. The van der Waals surface area contributed by atoms with Gasteiger partial charge in [-0.15, -0.1) is 0 Å². The first kappa shape index (κ1) is 17.0. The number of allylic oxidation sites excluding steroid dienone is 2. The van der Waals surface area contributed by atoms with Gasteiger partial charge in [-0.3, -0.25) is 4.79 Å². The van der Waals surface area contributed by atoms with Gasteiger partial charge in [-0.05, 0) is 44.4 Å². The number of hydrogen-bond donors (Lipinski definition) is 0. The van der Waals surface area contributed by atoms with Crippen molar-refractivity contribution >= 4 is 5.91 Å². The van der Waals surface area contributed by atoms with E-state index in [-0.39, 0.29) is 17.4 Å². The molecule has 4 heteroatoms. The number of rotatable bonds is 4. The third-order valence-corrected chi connectivity index (χ3v) is 5.72. The Morgan fingerprint density at radius 3 is 2.43 bits per heavy atom. The Labute approximate surface area is 140 Å². The smallest absolute Gasteiger partial charge is 0.226 e. The molecule has 2 aliphatic heterocycles. The van der Waals surface area contributed by atoms with Gasteiger partial charge in [0.15, 0.2) is 0 Å². The fourth-order valence-electron chi connectivity index (χ4n) is 4.12. The van der Waals surface area contributed by atoms with E-state index in [1.54, 1.807) is 0 Å². The molecule has 0 spiro atoms. The zero-order chi connectivity index (χ0) is 16.6. The van der Waals surface area contributed by atoms with Crippen LogP contribution in [0.5, 0.6) is 0 Å². The minimum Gasteiger partial charge on any atom is -0.379 e. The molecule has 1 amide bonds. The van der Waals surface area contributed by atoms with Crippen molar-refractivity contribution in [1.82, 2.24) is 4.90 Å². The minimum atomic E-state index is 0.114. The number of carbonyl (C=O) groups excluding carboxylic acids is 1. The number of carbonyl (C=O) groups is 1. The van der Waals surface area contributed by atoms with Gasteiger partial charge in [0.2, 0.25) is 5.91 Å². The molecule has 0 aromatic rings. The van der Waals surface area contributed by atoms with Gasteiger partial charge in [-0.25, -0.2) is 0 Å². The lowest BCUT2D eigenvalue weighted by Crippen LogP contribution is -2.43. The number of nitrogens with zero attached hydrogens (tertiary/aromatic N) is 1. The highest BCUT2D eigenvalue weighted by Crippen LogP contribution is 2.60. The molecule has 3 atom stereocenters. The van der Waals surface area contributed by atoms with Gasteiger partial charge in [0, 0.05) is 19.7 Å². The number of ether oxygens (including phenoxy) is 2. The summed E-state index contributed by atoms with van der Waals surface area (Å²) in [5.41, 5.74) is 1.42. The molecule has 0 aromatic heterocycles. The first-order chi connectivity index (χ1) is 10.9. The van der Waals surface area contributed by atoms with Crippen LogP contribution in [0.2, 0.25) is 0 Å². The molecule has 4 nitrogen and oxygen atoms in total. The van der Waals surface area contributed by atoms with Crippen LogP contribution < -0.4 is 0 Å². The van der Waals surface area contributed by atoms with Crippen molar-refractivity contribution in [2.45, 2.75) is 59.2 Å². The Morgan fingerprint density at radius 1 is 1.17 bits per heavy atom. The van der Waals surface area contributed by atoms with E-state index < -0.39 is 0 Å². The van der Waals surface area contributed by atoms with E-state index in [9.17, 15) is 4.79 Å². The summed E-state index contributed by atoms with van der Waals surface area (Å²) in [5, 5.41) is 0. The molecule has 3 rings (SSSR count). The second kappa shape index (κ2) is 6.56. The predicted molar refractivity (Wildman–Crippen MR) is 90.1 cm³/mol. The maximum atomic E-state index is 12.9. The monoisotopic (exact) mass is 321 g/mol. The SMILES string of the molecule is CC(C)=C[C@@H]1[C@H](C(=O)N2CCC(O[C@@H]3CCOC3)CC2)C1(C)C. The molecule has 2 saturated heterocycles. The largest absolute Gasteiger partial charge is 0.379 e. The van der Waals surface area contributed by atoms with Crippen LogP contribution in [0.25, 0.3) is 0 Å². The second-order valence-corrected chi connectivity index (χ2v) is 8.22. The van der Waals surface area contributed by atoms with Gasteiger partial charge >= 0.3 is 0 Å².